The Kier molecular flexibility index (Phi) is 3.12. The van der Waals surface area contributed by atoms with Crippen LogP contribution in [-0.2, 0) is 0 Å². The van der Waals surface area contributed by atoms with Crippen molar-refractivity contribution in [2.75, 3.05) is 5.73 Å². The van der Waals surface area contributed by atoms with Gasteiger partial charge in [0.05, 0.1) is 11.2 Å². The van der Waals surface area contributed by atoms with Gasteiger partial charge in [-0.05, 0) is 12.1 Å². The van der Waals surface area contributed by atoms with Crippen LogP contribution in [0.5, 0.6) is 11.6 Å². The number of rotatable bonds is 2. The third-order valence-corrected chi connectivity index (χ3v) is 2.35. The van der Waals surface area contributed by atoms with Gasteiger partial charge in [-0.25, -0.2) is 4.98 Å². The fraction of sp³-hybridized carbons (Fsp3) is 0. The normalized spacial score (nSPS) is 10.1. The zero-order valence-corrected chi connectivity index (χ0v) is 9.53. The molecule has 1 heterocycles. The van der Waals surface area contributed by atoms with Crippen molar-refractivity contribution in [2.45, 2.75) is 0 Å². The maximum atomic E-state index is 5.92. The fourth-order valence-corrected chi connectivity index (χ4v) is 1.37. The molecule has 82 valence electrons. The van der Waals surface area contributed by atoms with Gasteiger partial charge in [0.2, 0.25) is 11.8 Å². The highest BCUT2D eigenvalue weighted by Gasteiger charge is 2.08. The molecule has 0 bridgehead atoms. The molecular weight excluding hydrogens is 249 g/mol. The van der Waals surface area contributed by atoms with Gasteiger partial charge in [0.25, 0.3) is 0 Å². The number of hydrogen-bond acceptors (Lipinski definition) is 4. The topological polar surface area (TPSA) is 61.0 Å². The Labute approximate surface area is 102 Å². The molecule has 0 aliphatic heterocycles. The summed E-state index contributed by atoms with van der Waals surface area (Å²) in [6.07, 6.45) is 1.37. The molecule has 0 amide bonds. The summed E-state index contributed by atoms with van der Waals surface area (Å²) in [6.45, 7) is 0. The van der Waals surface area contributed by atoms with Gasteiger partial charge >= 0.3 is 0 Å². The Morgan fingerprint density at radius 3 is 2.62 bits per heavy atom. The van der Waals surface area contributed by atoms with Gasteiger partial charge in [-0.15, -0.1) is 0 Å². The highest BCUT2D eigenvalue weighted by molar-refractivity contribution is 6.32. The van der Waals surface area contributed by atoms with Crippen LogP contribution in [-0.4, -0.2) is 9.97 Å². The van der Waals surface area contributed by atoms with Crippen molar-refractivity contribution >= 4 is 29.2 Å². The maximum Gasteiger partial charge on any atom is 0.243 e. The van der Waals surface area contributed by atoms with Crippen LogP contribution in [0.1, 0.15) is 0 Å². The first-order valence-electron chi connectivity index (χ1n) is 4.37. The van der Waals surface area contributed by atoms with Crippen molar-refractivity contribution in [3.05, 3.63) is 40.5 Å². The molecule has 2 N–H and O–H groups in total. The first kappa shape index (κ1) is 11.0. The van der Waals surface area contributed by atoms with E-state index in [-0.39, 0.29) is 16.9 Å². The van der Waals surface area contributed by atoms with Gasteiger partial charge in [-0.1, -0.05) is 35.3 Å². The second-order valence-corrected chi connectivity index (χ2v) is 3.73. The first-order chi connectivity index (χ1) is 7.66. The average Bonchev–Trinajstić information content (AvgIpc) is 2.27. The molecule has 0 aliphatic rings. The van der Waals surface area contributed by atoms with E-state index in [4.69, 9.17) is 33.7 Å². The standard InChI is InChI=1S/C10H7Cl2N3O/c11-6-3-1-2-4-8(6)16-9-7(12)5-14-10(13)15-9/h1-5H,(H2,13,14,15). The number of nitrogen functional groups attached to an aromatic ring is 1. The summed E-state index contributed by atoms with van der Waals surface area (Å²) < 4.78 is 5.43. The molecule has 0 aliphatic carbocycles. The van der Waals surface area contributed by atoms with E-state index in [2.05, 4.69) is 9.97 Å². The first-order valence-corrected chi connectivity index (χ1v) is 5.13. The number of para-hydroxylation sites is 1. The van der Waals surface area contributed by atoms with Crippen LogP contribution in [0.3, 0.4) is 0 Å². The number of aromatic nitrogens is 2. The number of benzene rings is 1. The second kappa shape index (κ2) is 4.55. The molecule has 0 radical (unpaired) electrons. The third-order valence-electron chi connectivity index (χ3n) is 1.77. The predicted octanol–water partition coefficient (Wildman–Crippen LogP) is 3.16. The molecule has 6 heteroatoms. The largest absolute Gasteiger partial charge is 0.436 e. The highest BCUT2D eigenvalue weighted by Crippen LogP contribution is 2.31. The van der Waals surface area contributed by atoms with E-state index in [0.29, 0.717) is 10.8 Å². The van der Waals surface area contributed by atoms with Crippen molar-refractivity contribution in [3.8, 4) is 11.6 Å². The van der Waals surface area contributed by atoms with Crippen molar-refractivity contribution in [2.24, 2.45) is 0 Å². The summed E-state index contributed by atoms with van der Waals surface area (Å²) in [6, 6.07) is 7.00. The molecule has 1 aromatic carbocycles. The van der Waals surface area contributed by atoms with Gasteiger partial charge in [0.15, 0.2) is 0 Å². The van der Waals surface area contributed by atoms with Gasteiger partial charge in [0.1, 0.15) is 10.8 Å². The lowest BCUT2D eigenvalue weighted by Gasteiger charge is -2.07. The van der Waals surface area contributed by atoms with Gasteiger partial charge in [-0.2, -0.15) is 4.98 Å². The molecule has 0 saturated carbocycles. The van der Waals surface area contributed by atoms with Crippen LogP contribution in [0.15, 0.2) is 30.5 Å². The van der Waals surface area contributed by atoms with Gasteiger partial charge < -0.3 is 10.5 Å². The molecule has 1 aromatic heterocycles. The molecule has 0 unspecified atom stereocenters. The average molecular weight is 256 g/mol. The van der Waals surface area contributed by atoms with Crippen molar-refractivity contribution < 1.29 is 4.74 Å². The van der Waals surface area contributed by atoms with Gasteiger partial charge in [0, 0.05) is 0 Å². The minimum absolute atomic E-state index is 0.0893. The summed E-state index contributed by atoms with van der Waals surface area (Å²) in [4.78, 5) is 7.59. The van der Waals surface area contributed by atoms with Crippen molar-refractivity contribution in [3.63, 3.8) is 0 Å². The van der Waals surface area contributed by atoms with E-state index < -0.39 is 0 Å². The number of hydrogen-bond donors (Lipinski definition) is 1. The number of ether oxygens (including phenoxy) is 1. The Morgan fingerprint density at radius 1 is 1.12 bits per heavy atom. The number of nitrogens with zero attached hydrogens (tertiary/aromatic N) is 2. The van der Waals surface area contributed by atoms with Crippen molar-refractivity contribution in [1.29, 1.82) is 0 Å². The molecule has 4 nitrogen and oxygen atoms in total. The molecular formula is C10H7Cl2N3O. The second-order valence-electron chi connectivity index (χ2n) is 2.91. The lowest BCUT2D eigenvalue weighted by molar-refractivity contribution is 0.463. The van der Waals surface area contributed by atoms with E-state index in [1.165, 1.54) is 6.20 Å². The van der Waals surface area contributed by atoms with Crippen LogP contribution in [0, 0.1) is 0 Å². The molecule has 2 rings (SSSR count). The number of anilines is 1. The Hall–Kier alpha value is -1.52. The molecule has 0 spiro atoms. The monoisotopic (exact) mass is 255 g/mol. The Balaban J connectivity index is 2.34. The molecule has 0 atom stereocenters. The van der Waals surface area contributed by atoms with E-state index >= 15 is 0 Å². The minimum atomic E-state index is 0.0893. The number of nitrogens with two attached hydrogens (primary N) is 1. The predicted molar refractivity (Wildman–Crippen MR) is 63.0 cm³/mol. The minimum Gasteiger partial charge on any atom is -0.436 e. The quantitative estimate of drug-likeness (QED) is 0.896. The summed E-state index contributed by atoms with van der Waals surface area (Å²) in [5.74, 6) is 0.734. The van der Waals surface area contributed by atoms with E-state index in [0.717, 1.165) is 0 Å². The summed E-state index contributed by atoms with van der Waals surface area (Å²) in [5, 5.41) is 0.741. The zero-order chi connectivity index (χ0) is 11.5. The molecule has 2 aromatic rings. The Morgan fingerprint density at radius 2 is 1.88 bits per heavy atom. The van der Waals surface area contributed by atoms with E-state index in [1.807, 2.05) is 0 Å². The third kappa shape index (κ3) is 2.35. The van der Waals surface area contributed by atoms with Crippen LogP contribution in [0.25, 0.3) is 0 Å². The fourth-order valence-electron chi connectivity index (χ4n) is 1.07. The summed E-state index contributed by atoms with van der Waals surface area (Å²) in [7, 11) is 0. The van der Waals surface area contributed by atoms with Crippen molar-refractivity contribution in [1.82, 2.24) is 9.97 Å². The summed E-state index contributed by atoms with van der Waals surface area (Å²) in [5.41, 5.74) is 5.43. The molecule has 16 heavy (non-hydrogen) atoms. The van der Waals surface area contributed by atoms with E-state index in [9.17, 15) is 0 Å². The van der Waals surface area contributed by atoms with Crippen LogP contribution >= 0.6 is 23.2 Å². The smallest absolute Gasteiger partial charge is 0.243 e. The lowest BCUT2D eigenvalue weighted by Crippen LogP contribution is -1.97. The zero-order valence-electron chi connectivity index (χ0n) is 8.02. The Bertz CT molecular complexity index is 519. The van der Waals surface area contributed by atoms with E-state index in [1.54, 1.807) is 24.3 Å². The lowest BCUT2D eigenvalue weighted by atomic mass is 10.3. The molecule has 0 fully saturated rings. The van der Waals surface area contributed by atoms with Crippen LogP contribution in [0.4, 0.5) is 5.95 Å². The summed E-state index contributed by atoms with van der Waals surface area (Å²) >= 11 is 11.8. The SMILES string of the molecule is Nc1ncc(Cl)c(Oc2ccccc2Cl)n1. The van der Waals surface area contributed by atoms with Gasteiger partial charge in [-0.3, -0.25) is 0 Å². The number of halogens is 2. The van der Waals surface area contributed by atoms with Crippen LogP contribution in [0.2, 0.25) is 10.0 Å². The van der Waals surface area contributed by atoms with Crippen LogP contribution < -0.4 is 10.5 Å². The molecule has 0 saturated heterocycles. The highest BCUT2D eigenvalue weighted by atomic mass is 35.5. The maximum absolute atomic E-state index is 5.92.